The van der Waals surface area contributed by atoms with Gasteiger partial charge in [-0.15, -0.1) is 0 Å². The third-order valence-corrected chi connectivity index (χ3v) is 2.15. The number of ether oxygens (including phenoxy) is 2. The average Bonchev–Trinajstić information content (AvgIpc) is 2.33. The molecule has 100 valence electrons. The van der Waals surface area contributed by atoms with Crippen LogP contribution >= 0.6 is 0 Å². The van der Waals surface area contributed by atoms with Crippen molar-refractivity contribution in [3.05, 3.63) is 29.8 Å². The Kier molecular flexibility index (Phi) is 4.97. The van der Waals surface area contributed by atoms with Gasteiger partial charge in [-0.25, -0.2) is 0 Å². The second-order valence-electron chi connectivity index (χ2n) is 4.79. The van der Waals surface area contributed by atoms with Gasteiger partial charge < -0.3 is 20.4 Å². The van der Waals surface area contributed by atoms with Gasteiger partial charge in [-0.3, -0.25) is 0 Å². The molecule has 0 radical (unpaired) electrons. The highest BCUT2D eigenvalue weighted by Crippen LogP contribution is 2.17. The van der Waals surface area contributed by atoms with Gasteiger partial charge in [0.1, 0.15) is 12.4 Å². The van der Waals surface area contributed by atoms with E-state index in [-0.39, 0.29) is 11.4 Å². The number of nitrogens with two attached hydrogens (primary N) is 1. The molecule has 5 heteroatoms. The molecule has 0 saturated carbocycles. The predicted octanol–water partition coefficient (Wildman–Crippen LogP) is 1.97. The van der Waals surface area contributed by atoms with E-state index >= 15 is 0 Å². The van der Waals surface area contributed by atoms with Crippen molar-refractivity contribution >= 4 is 5.84 Å². The molecular weight excluding hydrogens is 232 g/mol. The lowest BCUT2D eigenvalue weighted by molar-refractivity contribution is -0.0163. The average molecular weight is 252 g/mol. The molecule has 3 N–H and O–H groups in total. The fraction of sp³-hybridized carbons (Fsp3) is 0.462. The van der Waals surface area contributed by atoms with Gasteiger partial charge in [0.05, 0.1) is 17.8 Å². The molecule has 18 heavy (non-hydrogen) atoms. The van der Waals surface area contributed by atoms with E-state index < -0.39 is 0 Å². The van der Waals surface area contributed by atoms with Crippen LogP contribution < -0.4 is 10.5 Å². The molecule has 5 nitrogen and oxygen atoms in total. The van der Waals surface area contributed by atoms with Crippen LogP contribution in [0, 0.1) is 0 Å². The van der Waals surface area contributed by atoms with Crippen molar-refractivity contribution in [2.75, 3.05) is 13.2 Å². The van der Waals surface area contributed by atoms with Gasteiger partial charge in [-0.2, -0.15) is 0 Å². The molecule has 0 aromatic heterocycles. The van der Waals surface area contributed by atoms with Crippen LogP contribution in [0.1, 0.15) is 26.3 Å². The zero-order chi connectivity index (χ0) is 13.6. The number of oxime groups is 1. The topological polar surface area (TPSA) is 77.1 Å². The van der Waals surface area contributed by atoms with E-state index in [1.54, 1.807) is 18.2 Å². The summed E-state index contributed by atoms with van der Waals surface area (Å²) in [6.45, 7) is 6.84. The number of rotatable bonds is 5. The van der Waals surface area contributed by atoms with Crippen LogP contribution in [0.25, 0.3) is 0 Å². The quantitative estimate of drug-likeness (QED) is 0.276. The summed E-state index contributed by atoms with van der Waals surface area (Å²) in [5.41, 5.74) is 5.94. The van der Waals surface area contributed by atoms with Crippen LogP contribution in [0.4, 0.5) is 0 Å². The van der Waals surface area contributed by atoms with Gasteiger partial charge in [-0.1, -0.05) is 17.3 Å². The molecule has 1 aromatic rings. The van der Waals surface area contributed by atoms with E-state index in [0.717, 1.165) is 0 Å². The van der Waals surface area contributed by atoms with E-state index in [2.05, 4.69) is 5.16 Å². The highest BCUT2D eigenvalue weighted by Gasteiger charge is 2.10. The summed E-state index contributed by atoms with van der Waals surface area (Å²) >= 11 is 0. The fourth-order valence-electron chi connectivity index (χ4n) is 1.36. The first-order chi connectivity index (χ1) is 8.44. The van der Waals surface area contributed by atoms with Crippen LogP contribution in [-0.4, -0.2) is 29.9 Å². The summed E-state index contributed by atoms with van der Waals surface area (Å²) in [6, 6.07) is 7.12. The van der Waals surface area contributed by atoms with Crippen molar-refractivity contribution in [3.8, 4) is 5.75 Å². The second kappa shape index (κ2) is 6.26. The fourth-order valence-corrected chi connectivity index (χ4v) is 1.36. The van der Waals surface area contributed by atoms with Crippen molar-refractivity contribution in [3.63, 3.8) is 0 Å². The minimum Gasteiger partial charge on any atom is -0.490 e. The zero-order valence-corrected chi connectivity index (χ0v) is 11.0. The number of benzene rings is 1. The van der Waals surface area contributed by atoms with E-state index in [1.807, 2.05) is 26.8 Å². The molecule has 1 rings (SSSR count). The predicted molar refractivity (Wildman–Crippen MR) is 70.2 cm³/mol. The van der Waals surface area contributed by atoms with Crippen LogP contribution in [0.2, 0.25) is 0 Å². The Hall–Kier alpha value is -1.75. The molecule has 0 saturated heterocycles. The van der Waals surface area contributed by atoms with Gasteiger partial charge in [0.25, 0.3) is 0 Å². The summed E-state index contributed by atoms with van der Waals surface area (Å²) in [7, 11) is 0. The molecule has 0 spiro atoms. The monoisotopic (exact) mass is 252 g/mol. The van der Waals surface area contributed by atoms with Crippen molar-refractivity contribution in [1.82, 2.24) is 0 Å². The van der Waals surface area contributed by atoms with Gasteiger partial charge >= 0.3 is 0 Å². The first-order valence-electron chi connectivity index (χ1n) is 5.78. The van der Waals surface area contributed by atoms with E-state index in [9.17, 15) is 0 Å². The number of amidine groups is 1. The number of hydrogen-bond donors (Lipinski definition) is 2. The Morgan fingerprint density at radius 1 is 1.28 bits per heavy atom. The lowest BCUT2D eigenvalue weighted by Crippen LogP contribution is -2.23. The first-order valence-corrected chi connectivity index (χ1v) is 5.78. The van der Waals surface area contributed by atoms with E-state index in [1.165, 1.54) is 0 Å². The molecule has 0 heterocycles. The Balaban J connectivity index is 2.57. The van der Waals surface area contributed by atoms with Gasteiger partial charge in [0, 0.05) is 0 Å². The van der Waals surface area contributed by atoms with Gasteiger partial charge in [-0.05, 0) is 32.9 Å². The maximum atomic E-state index is 8.67. The molecule has 0 aliphatic carbocycles. The molecule has 0 atom stereocenters. The molecule has 1 aromatic carbocycles. The van der Waals surface area contributed by atoms with Crippen molar-refractivity contribution in [2.24, 2.45) is 10.9 Å². The number of nitrogens with zero attached hydrogens (tertiary/aromatic N) is 1. The van der Waals surface area contributed by atoms with Crippen LogP contribution in [0.5, 0.6) is 5.75 Å². The normalized spacial score (nSPS) is 12.5. The molecule has 0 aliphatic heterocycles. The Labute approximate surface area is 107 Å². The highest BCUT2D eigenvalue weighted by atomic mass is 16.5. The second-order valence-corrected chi connectivity index (χ2v) is 4.79. The maximum Gasteiger partial charge on any atom is 0.173 e. The zero-order valence-electron chi connectivity index (χ0n) is 11.0. The van der Waals surface area contributed by atoms with Gasteiger partial charge in [0.15, 0.2) is 5.84 Å². The summed E-state index contributed by atoms with van der Waals surface area (Å²) < 4.78 is 11.1. The lowest BCUT2D eigenvalue weighted by Gasteiger charge is -2.19. The third kappa shape index (κ3) is 4.63. The number of hydrogen-bond acceptors (Lipinski definition) is 4. The van der Waals surface area contributed by atoms with Crippen LogP contribution in [-0.2, 0) is 4.74 Å². The van der Waals surface area contributed by atoms with Crippen molar-refractivity contribution in [1.29, 1.82) is 0 Å². The number of para-hydroxylation sites is 1. The smallest absolute Gasteiger partial charge is 0.173 e. The van der Waals surface area contributed by atoms with E-state index in [4.69, 9.17) is 20.4 Å². The third-order valence-electron chi connectivity index (χ3n) is 2.15. The molecule has 0 unspecified atom stereocenters. The summed E-state index contributed by atoms with van der Waals surface area (Å²) in [4.78, 5) is 0. The summed E-state index contributed by atoms with van der Waals surface area (Å²) in [5.74, 6) is 0.604. The highest BCUT2D eigenvalue weighted by molar-refractivity contribution is 5.99. The minimum atomic E-state index is -0.186. The molecule has 0 aliphatic rings. The van der Waals surface area contributed by atoms with Crippen molar-refractivity contribution < 1.29 is 14.7 Å². The molecule has 0 amide bonds. The molecule has 0 bridgehead atoms. The van der Waals surface area contributed by atoms with Crippen LogP contribution in [0.15, 0.2) is 29.4 Å². The summed E-state index contributed by atoms with van der Waals surface area (Å²) in [6.07, 6.45) is 0. The SMILES string of the molecule is CC(C)(C)OCCOc1ccccc1/C(N)=N/O. The van der Waals surface area contributed by atoms with Crippen LogP contribution in [0.3, 0.4) is 0 Å². The first kappa shape index (κ1) is 14.3. The Morgan fingerprint density at radius 3 is 2.56 bits per heavy atom. The van der Waals surface area contributed by atoms with Crippen molar-refractivity contribution in [2.45, 2.75) is 26.4 Å². The lowest BCUT2D eigenvalue weighted by atomic mass is 10.2. The Bertz CT molecular complexity index is 411. The van der Waals surface area contributed by atoms with E-state index in [0.29, 0.717) is 24.5 Å². The van der Waals surface area contributed by atoms with Gasteiger partial charge in [0.2, 0.25) is 0 Å². The molecular formula is C13H20N2O3. The Morgan fingerprint density at radius 2 is 1.94 bits per heavy atom. The maximum absolute atomic E-state index is 8.67. The minimum absolute atomic E-state index is 0.0299. The largest absolute Gasteiger partial charge is 0.490 e. The standard InChI is InChI=1S/C13H20N2O3/c1-13(2,3)18-9-8-17-11-7-5-4-6-10(11)12(14)15-16/h4-7,16H,8-9H2,1-3H3,(H2,14,15). The molecule has 0 fully saturated rings. The summed E-state index contributed by atoms with van der Waals surface area (Å²) in [5, 5.41) is 11.6.